The highest BCUT2D eigenvalue weighted by atomic mass is 127. The van der Waals surface area contributed by atoms with Crippen molar-refractivity contribution in [2.45, 2.75) is 31.6 Å². The van der Waals surface area contributed by atoms with Gasteiger partial charge in [0.15, 0.2) is 17.5 Å². The number of ether oxygens (including phenoxy) is 2. The number of aryl methyl sites for hydroxylation is 1. The normalized spacial score (nSPS) is 16.6. The van der Waals surface area contributed by atoms with Gasteiger partial charge in [-0.1, -0.05) is 6.07 Å². The van der Waals surface area contributed by atoms with Gasteiger partial charge in [0, 0.05) is 43.0 Å². The number of aromatic nitrogens is 1. The molecule has 1 saturated carbocycles. The second-order valence-electron chi connectivity index (χ2n) is 6.82. The number of hydrogen-bond donors (Lipinski definition) is 2. The minimum atomic E-state index is 0. The number of rotatable bonds is 6. The van der Waals surface area contributed by atoms with Crippen molar-refractivity contribution >= 4 is 41.3 Å². The Morgan fingerprint density at radius 3 is 2.78 bits per heavy atom. The van der Waals surface area contributed by atoms with Crippen LogP contribution in [-0.2, 0) is 11.8 Å². The van der Waals surface area contributed by atoms with Gasteiger partial charge in [0.2, 0.25) is 6.79 Å². The number of fused-ring (bicyclic) bond motifs is 1. The van der Waals surface area contributed by atoms with E-state index in [9.17, 15) is 0 Å². The van der Waals surface area contributed by atoms with E-state index in [1.807, 2.05) is 19.3 Å². The monoisotopic (exact) mass is 500 g/mol. The lowest BCUT2D eigenvalue weighted by Crippen LogP contribution is -2.41. The zero-order chi connectivity index (χ0) is 18.0. The van der Waals surface area contributed by atoms with Gasteiger partial charge >= 0.3 is 0 Å². The Hall–Kier alpha value is -1.55. The lowest BCUT2D eigenvalue weighted by Gasteiger charge is -2.19. The van der Waals surface area contributed by atoms with Gasteiger partial charge in [0.25, 0.3) is 0 Å². The molecule has 1 aliphatic carbocycles. The Bertz CT molecular complexity index is 820. The Morgan fingerprint density at radius 2 is 2.07 bits per heavy atom. The molecule has 27 heavy (non-hydrogen) atoms. The standard InChI is InChI=1S/C19H24N4O2S.HI/c1-13-10-22-17(26-13)5-8-21-18(20-2)23-11-19(6-7-19)14-3-4-15-16(9-14)25-12-24-15;/h3-4,9-10H,5-8,11-12H2,1-2H3,(H2,20,21,23);1H. The predicted molar refractivity (Wildman–Crippen MR) is 119 cm³/mol. The Morgan fingerprint density at radius 1 is 1.26 bits per heavy atom. The summed E-state index contributed by atoms with van der Waals surface area (Å²) in [7, 11) is 1.81. The second-order valence-corrected chi connectivity index (χ2v) is 8.13. The van der Waals surface area contributed by atoms with Gasteiger partial charge in [-0.15, -0.1) is 35.3 Å². The number of thiazole rings is 1. The van der Waals surface area contributed by atoms with Crippen molar-refractivity contribution in [3.8, 4) is 11.5 Å². The molecular formula is C19H25IN4O2S. The van der Waals surface area contributed by atoms with Crippen LogP contribution >= 0.6 is 35.3 Å². The first-order valence-electron chi connectivity index (χ1n) is 8.94. The van der Waals surface area contributed by atoms with Crippen LogP contribution in [0, 0.1) is 6.92 Å². The van der Waals surface area contributed by atoms with E-state index in [-0.39, 0.29) is 29.4 Å². The molecule has 1 aromatic heterocycles. The minimum Gasteiger partial charge on any atom is -0.454 e. The van der Waals surface area contributed by atoms with Gasteiger partial charge in [-0.3, -0.25) is 4.99 Å². The molecule has 0 radical (unpaired) electrons. The Labute approximate surface area is 180 Å². The van der Waals surface area contributed by atoms with E-state index >= 15 is 0 Å². The van der Waals surface area contributed by atoms with E-state index in [2.05, 4.69) is 39.7 Å². The first kappa shape index (κ1) is 20.2. The molecular weight excluding hydrogens is 475 g/mol. The summed E-state index contributed by atoms with van der Waals surface area (Å²) in [5, 5.41) is 8.02. The molecule has 8 heteroatoms. The molecule has 6 nitrogen and oxygen atoms in total. The highest BCUT2D eigenvalue weighted by Gasteiger charge is 2.44. The fraction of sp³-hybridized carbons (Fsp3) is 0.474. The van der Waals surface area contributed by atoms with Gasteiger partial charge < -0.3 is 20.1 Å². The van der Waals surface area contributed by atoms with Crippen molar-refractivity contribution in [2.75, 3.05) is 26.9 Å². The topological polar surface area (TPSA) is 67.8 Å². The van der Waals surface area contributed by atoms with Crippen molar-refractivity contribution in [3.05, 3.63) is 39.8 Å². The smallest absolute Gasteiger partial charge is 0.231 e. The number of guanidine groups is 1. The third kappa shape index (κ3) is 4.66. The summed E-state index contributed by atoms with van der Waals surface area (Å²) < 4.78 is 10.9. The molecule has 2 N–H and O–H groups in total. The third-order valence-corrected chi connectivity index (χ3v) is 5.93. The van der Waals surface area contributed by atoms with Crippen LogP contribution in [0.1, 0.15) is 28.3 Å². The summed E-state index contributed by atoms with van der Waals surface area (Å²) in [6, 6.07) is 6.29. The number of benzene rings is 1. The summed E-state index contributed by atoms with van der Waals surface area (Å²) in [5.74, 6) is 2.53. The number of hydrogen-bond acceptors (Lipinski definition) is 5. The summed E-state index contributed by atoms with van der Waals surface area (Å²) in [6.45, 7) is 4.09. The van der Waals surface area contributed by atoms with Crippen molar-refractivity contribution in [1.29, 1.82) is 0 Å². The predicted octanol–water partition coefficient (Wildman–Crippen LogP) is 3.24. The van der Waals surface area contributed by atoms with E-state index < -0.39 is 0 Å². The number of halogens is 1. The van der Waals surface area contributed by atoms with Crippen LogP contribution in [-0.4, -0.2) is 37.9 Å². The molecule has 0 unspecified atom stereocenters. The van der Waals surface area contributed by atoms with Crippen molar-refractivity contribution < 1.29 is 9.47 Å². The fourth-order valence-electron chi connectivity index (χ4n) is 3.22. The average Bonchev–Trinajstić information content (AvgIpc) is 3.09. The summed E-state index contributed by atoms with van der Waals surface area (Å²) in [5.41, 5.74) is 1.48. The van der Waals surface area contributed by atoms with Gasteiger partial charge in [0.1, 0.15) is 0 Å². The summed E-state index contributed by atoms with van der Waals surface area (Å²) in [4.78, 5) is 9.99. The summed E-state index contributed by atoms with van der Waals surface area (Å²) >= 11 is 1.75. The van der Waals surface area contributed by atoms with Crippen LogP contribution in [0.15, 0.2) is 29.4 Å². The molecule has 146 valence electrons. The maximum atomic E-state index is 5.52. The van der Waals surface area contributed by atoms with Crippen molar-refractivity contribution in [1.82, 2.24) is 15.6 Å². The number of nitrogens with zero attached hydrogens (tertiary/aromatic N) is 2. The van der Waals surface area contributed by atoms with Gasteiger partial charge in [-0.25, -0.2) is 4.98 Å². The molecule has 1 aromatic carbocycles. The van der Waals surface area contributed by atoms with Crippen LogP contribution in [0.4, 0.5) is 0 Å². The first-order valence-corrected chi connectivity index (χ1v) is 9.76. The highest BCUT2D eigenvalue weighted by molar-refractivity contribution is 14.0. The zero-order valence-electron chi connectivity index (χ0n) is 15.6. The number of aliphatic imine (C=N–C) groups is 1. The van der Waals surface area contributed by atoms with Gasteiger partial charge in [-0.2, -0.15) is 0 Å². The molecule has 2 aromatic rings. The van der Waals surface area contributed by atoms with E-state index in [4.69, 9.17) is 9.47 Å². The molecule has 0 amide bonds. The van der Waals surface area contributed by atoms with Gasteiger partial charge in [0.05, 0.1) is 5.01 Å². The van der Waals surface area contributed by atoms with Crippen molar-refractivity contribution in [2.24, 2.45) is 4.99 Å². The van der Waals surface area contributed by atoms with Crippen LogP contribution in [0.2, 0.25) is 0 Å². The molecule has 0 spiro atoms. The van der Waals surface area contributed by atoms with E-state index in [1.54, 1.807) is 11.3 Å². The van der Waals surface area contributed by atoms with E-state index in [0.717, 1.165) is 42.0 Å². The number of nitrogens with one attached hydrogen (secondary N) is 2. The molecule has 1 aliphatic heterocycles. The SMILES string of the molecule is CN=C(NCCc1ncc(C)s1)NCC1(c2ccc3c(c2)OCO3)CC1.I. The third-order valence-electron chi connectivity index (χ3n) is 4.96. The quantitative estimate of drug-likeness (QED) is 0.362. The van der Waals surface area contributed by atoms with Crippen molar-refractivity contribution in [3.63, 3.8) is 0 Å². The van der Waals surface area contributed by atoms with Crippen LogP contribution in [0.3, 0.4) is 0 Å². The summed E-state index contributed by atoms with van der Waals surface area (Å²) in [6.07, 6.45) is 5.19. The lowest BCUT2D eigenvalue weighted by atomic mass is 9.95. The van der Waals surface area contributed by atoms with E-state index in [1.165, 1.54) is 23.3 Å². The second kappa shape index (κ2) is 8.64. The van der Waals surface area contributed by atoms with E-state index in [0.29, 0.717) is 6.79 Å². The minimum absolute atomic E-state index is 0. The highest BCUT2D eigenvalue weighted by Crippen LogP contribution is 2.49. The maximum absolute atomic E-state index is 5.52. The molecule has 2 aliphatic rings. The fourth-order valence-corrected chi connectivity index (χ4v) is 4.01. The van der Waals surface area contributed by atoms with Crippen LogP contribution in [0.5, 0.6) is 11.5 Å². The molecule has 0 saturated heterocycles. The van der Waals surface area contributed by atoms with Crippen LogP contribution < -0.4 is 20.1 Å². The maximum Gasteiger partial charge on any atom is 0.231 e. The van der Waals surface area contributed by atoms with Crippen LogP contribution in [0.25, 0.3) is 0 Å². The Kier molecular flexibility index (Phi) is 6.46. The lowest BCUT2D eigenvalue weighted by molar-refractivity contribution is 0.174. The Balaban J connectivity index is 0.00000210. The average molecular weight is 500 g/mol. The molecule has 2 heterocycles. The molecule has 0 bridgehead atoms. The molecule has 4 rings (SSSR count). The zero-order valence-corrected chi connectivity index (χ0v) is 18.7. The molecule has 1 fully saturated rings. The molecule has 0 atom stereocenters. The van der Waals surface area contributed by atoms with Gasteiger partial charge in [-0.05, 0) is 37.5 Å². The largest absolute Gasteiger partial charge is 0.454 e. The first-order chi connectivity index (χ1) is 12.7.